The zero-order chi connectivity index (χ0) is 21.3. The lowest BCUT2D eigenvalue weighted by molar-refractivity contribution is -0.135. The normalized spacial score (nSPS) is 17.8. The molecule has 0 bridgehead atoms. The number of halogens is 1. The van der Waals surface area contributed by atoms with Crippen LogP contribution in [0.15, 0.2) is 64.5 Å². The second-order valence-corrected chi connectivity index (χ2v) is 9.61. The summed E-state index contributed by atoms with van der Waals surface area (Å²) in [7, 11) is 0. The molecule has 1 N–H and O–H groups in total. The zero-order valence-corrected chi connectivity index (χ0v) is 18.7. The first-order valence-electron chi connectivity index (χ1n) is 9.51. The molecule has 7 heteroatoms. The van der Waals surface area contributed by atoms with Gasteiger partial charge in [-0.25, -0.2) is 0 Å². The zero-order valence-electron chi connectivity index (χ0n) is 16.3. The molecule has 2 aromatic carbocycles. The van der Waals surface area contributed by atoms with Crippen molar-refractivity contribution in [1.29, 1.82) is 0 Å². The predicted molar refractivity (Wildman–Crippen MR) is 120 cm³/mol. The van der Waals surface area contributed by atoms with Gasteiger partial charge in [0.2, 0.25) is 0 Å². The van der Waals surface area contributed by atoms with Crippen LogP contribution in [0.3, 0.4) is 0 Å². The minimum atomic E-state index is -1.88. The van der Waals surface area contributed by atoms with Crippen LogP contribution in [-0.4, -0.2) is 29.9 Å². The minimum absolute atomic E-state index is 0.269. The number of thiophene rings is 1. The van der Waals surface area contributed by atoms with Crippen molar-refractivity contribution in [2.75, 3.05) is 18.1 Å². The van der Waals surface area contributed by atoms with Crippen LogP contribution in [0.5, 0.6) is 5.75 Å². The largest absolute Gasteiger partial charge is 0.491 e. The summed E-state index contributed by atoms with van der Waals surface area (Å²) in [5.74, 6) is -0.0124. The highest BCUT2D eigenvalue weighted by Gasteiger charge is 2.50. The van der Waals surface area contributed by atoms with Crippen LogP contribution in [0.1, 0.15) is 27.2 Å². The van der Waals surface area contributed by atoms with Crippen molar-refractivity contribution >= 4 is 44.6 Å². The Kier molecular flexibility index (Phi) is 5.77. The van der Waals surface area contributed by atoms with Crippen molar-refractivity contribution in [3.8, 4) is 5.75 Å². The van der Waals surface area contributed by atoms with Gasteiger partial charge in [-0.05, 0) is 52.7 Å². The van der Waals surface area contributed by atoms with Gasteiger partial charge in [-0.3, -0.25) is 9.59 Å². The second kappa shape index (κ2) is 8.34. The van der Waals surface area contributed by atoms with E-state index in [-0.39, 0.29) is 25.4 Å². The van der Waals surface area contributed by atoms with Gasteiger partial charge < -0.3 is 14.7 Å². The van der Waals surface area contributed by atoms with Crippen molar-refractivity contribution in [3.05, 3.63) is 80.5 Å². The van der Waals surface area contributed by atoms with Gasteiger partial charge in [0.15, 0.2) is 11.4 Å². The summed E-state index contributed by atoms with van der Waals surface area (Å²) >= 11 is 4.63. The average Bonchev–Trinajstić information content (AvgIpc) is 3.26. The standard InChI is InChI=1S/C23H20BrNO4S/c1-15-6-2-5-9-19(15)29-13-12-25-17-8-4-3-7-16(17)23(28,22(25)27)14-18(26)20-10-11-21(24)30-20/h2-11,28H,12-14H2,1H3. The maximum Gasteiger partial charge on any atom is 0.264 e. The summed E-state index contributed by atoms with van der Waals surface area (Å²) in [6.07, 6.45) is -0.301. The van der Waals surface area contributed by atoms with E-state index in [0.717, 1.165) is 15.1 Å². The number of fused-ring (bicyclic) bond motifs is 1. The van der Waals surface area contributed by atoms with Crippen molar-refractivity contribution in [3.63, 3.8) is 0 Å². The Bertz CT molecular complexity index is 1110. The van der Waals surface area contributed by atoms with Crippen LogP contribution >= 0.6 is 27.3 Å². The Labute approximate surface area is 187 Å². The van der Waals surface area contributed by atoms with Crippen LogP contribution in [0, 0.1) is 6.92 Å². The van der Waals surface area contributed by atoms with Gasteiger partial charge in [-0.15, -0.1) is 11.3 Å². The van der Waals surface area contributed by atoms with Crippen molar-refractivity contribution in [1.82, 2.24) is 0 Å². The van der Waals surface area contributed by atoms with E-state index in [4.69, 9.17) is 4.74 Å². The lowest BCUT2D eigenvalue weighted by Gasteiger charge is -2.22. The molecular formula is C23H20BrNO4S. The number of Topliss-reactive ketones (excluding diaryl/α,β-unsaturated/α-hetero) is 1. The summed E-state index contributed by atoms with van der Waals surface area (Å²) in [6.45, 7) is 2.50. The Morgan fingerprint density at radius 2 is 1.87 bits per heavy atom. The molecule has 0 radical (unpaired) electrons. The molecule has 0 fully saturated rings. The fourth-order valence-electron chi connectivity index (χ4n) is 3.65. The van der Waals surface area contributed by atoms with Gasteiger partial charge in [0, 0.05) is 5.56 Å². The van der Waals surface area contributed by atoms with Gasteiger partial charge >= 0.3 is 0 Å². The molecule has 3 aromatic rings. The number of rotatable bonds is 7. The number of carbonyl (C=O) groups is 2. The van der Waals surface area contributed by atoms with Gasteiger partial charge in [0.1, 0.15) is 12.4 Å². The molecule has 1 unspecified atom stereocenters. The summed E-state index contributed by atoms with van der Waals surface area (Å²) < 4.78 is 6.66. The van der Waals surface area contributed by atoms with E-state index < -0.39 is 11.5 Å². The third kappa shape index (κ3) is 3.80. The smallest absolute Gasteiger partial charge is 0.264 e. The van der Waals surface area contributed by atoms with Crippen molar-refractivity contribution in [2.45, 2.75) is 18.9 Å². The molecule has 4 rings (SSSR count). The topological polar surface area (TPSA) is 66.8 Å². The Morgan fingerprint density at radius 1 is 1.13 bits per heavy atom. The molecule has 0 aliphatic carbocycles. The van der Waals surface area contributed by atoms with E-state index in [1.54, 1.807) is 30.3 Å². The Balaban J connectivity index is 1.54. The summed E-state index contributed by atoms with van der Waals surface area (Å²) in [5.41, 5.74) is 0.190. The molecule has 0 saturated carbocycles. The van der Waals surface area contributed by atoms with E-state index in [2.05, 4.69) is 15.9 Å². The van der Waals surface area contributed by atoms with Gasteiger partial charge in [-0.1, -0.05) is 36.4 Å². The number of hydrogen-bond acceptors (Lipinski definition) is 5. The van der Waals surface area contributed by atoms with Crippen LogP contribution in [-0.2, 0) is 10.4 Å². The molecule has 1 atom stereocenters. The quantitative estimate of drug-likeness (QED) is 0.492. The third-order valence-electron chi connectivity index (χ3n) is 5.17. The van der Waals surface area contributed by atoms with Crippen LogP contribution in [0.2, 0.25) is 0 Å². The first-order chi connectivity index (χ1) is 14.4. The van der Waals surface area contributed by atoms with Gasteiger partial charge in [-0.2, -0.15) is 0 Å². The number of carbonyl (C=O) groups excluding carboxylic acids is 2. The number of hydrogen-bond donors (Lipinski definition) is 1. The molecule has 0 saturated heterocycles. The molecule has 154 valence electrons. The van der Waals surface area contributed by atoms with Gasteiger partial charge in [0.25, 0.3) is 5.91 Å². The lowest BCUT2D eigenvalue weighted by atomic mass is 9.89. The van der Waals surface area contributed by atoms with Gasteiger partial charge in [0.05, 0.1) is 27.3 Å². The van der Waals surface area contributed by atoms with Crippen LogP contribution < -0.4 is 9.64 Å². The highest BCUT2D eigenvalue weighted by atomic mass is 79.9. The average molecular weight is 486 g/mol. The van der Waals surface area contributed by atoms with E-state index in [9.17, 15) is 14.7 Å². The van der Waals surface area contributed by atoms with E-state index >= 15 is 0 Å². The summed E-state index contributed by atoms with van der Waals surface area (Å²) in [6, 6.07) is 18.2. The fraction of sp³-hybridized carbons (Fsp3) is 0.217. The Hall–Kier alpha value is -2.48. The molecule has 0 spiro atoms. The molecule has 1 aliphatic heterocycles. The highest BCUT2D eigenvalue weighted by Crippen LogP contribution is 2.43. The molecule has 5 nitrogen and oxygen atoms in total. The van der Waals surface area contributed by atoms with E-state index in [0.29, 0.717) is 16.1 Å². The molecule has 1 amide bonds. The maximum absolute atomic E-state index is 13.2. The first-order valence-corrected chi connectivity index (χ1v) is 11.1. The van der Waals surface area contributed by atoms with E-state index in [1.165, 1.54) is 16.2 Å². The number of aryl methyl sites for hydroxylation is 1. The number of amides is 1. The lowest BCUT2D eigenvalue weighted by Crippen LogP contribution is -2.43. The maximum atomic E-state index is 13.2. The SMILES string of the molecule is Cc1ccccc1OCCN1C(=O)C(O)(CC(=O)c2ccc(Br)s2)c2ccccc21. The highest BCUT2D eigenvalue weighted by molar-refractivity contribution is 9.11. The molecule has 30 heavy (non-hydrogen) atoms. The number of benzene rings is 2. The summed E-state index contributed by atoms with van der Waals surface area (Å²) in [4.78, 5) is 28.0. The molecule has 2 heterocycles. The molecule has 1 aromatic heterocycles. The third-order valence-corrected chi connectivity index (χ3v) is 6.83. The molecular weight excluding hydrogens is 466 g/mol. The monoisotopic (exact) mass is 485 g/mol. The number of ether oxygens (including phenoxy) is 1. The number of aliphatic hydroxyl groups is 1. The first kappa shape index (κ1) is 20.8. The summed E-state index contributed by atoms with van der Waals surface area (Å²) in [5, 5.41) is 11.3. The van der Waals surface area contributed by atoms with Crippen LogP contribution in [0.25, 0.3) is 0 Å². The fourth-order valence-corrected chi connectivity index (χ4v) is 4.97. The second-order valence-electron chi connectivity index (χ2n) is 7.15. The minimum Gasteiger partial charge on any atom is -0.491 e. The van der Waals surface area contributed by atoms with Crippen LogP contribution in [0.4, 0.5) is 5.69 Å². The number of anilines is 1. The number of ketones is 1. The number of para-hydroxylation sites is 2. The molecule has 1 aliphatic rings. The van der Waals surface area contributed by atoms with Crippen molar-refractivity contribution in [2.24, 2.45) is 0 Å². The number of nitrogens with zero attached hydrogens (tertiary/aromatic N) is 1. The van der Waals surface area contributed by atoms with E-state index in [1.807, 2.05) is 37.3 Å². The van der Waals surface area contributed by atoms with Crippen molar-refractivity contribution < 1.29 is 19.4 Å². The Morgan fingerprint density at radius 3 is 2.60 bits per heavy atom. The predicted octanol–water partition coefficient (Wildman–Crippen LogP) is 4.71.